The van der Waals surface area contributed by atoms with Crippen molar-refractivity contribution in [2.45, 2.75) is 78.3 Å². The van der Waals surface area contributed by atoms with E-state index in [1.54, 1.807) is 0 Å². The highest BCUT2D eigenvalue weighted by Gasteiger charge is 2.42. The molecule has 0 aromatic heterocycles. The van der Waals surface area contributed by atoms with E-state index in [9.17, 15) is 0 Å². The van der Waals surface area contributed by atoms with Gasteiger partial charge in [0.25, 0.3) is 0 Å². The van der Waals surface area contributed by atoms with E-state index >= 15 is 0 Å². The zero-order valence-corrected chi connectivity index (χ0v) is 14.4. The van der Waals surface area contributed by atoms with Crippen molar-refractivity contribution in [1.82, 2.24) is 10.2 Å². The van der Waals surface area contributed by atoms with Crippen molar-refractivity contribution in [1.29, 1.82) is 0 Å². The van der Waals surface area contributed by atoms with Crippen molar-refractivity contribution in [3.05, 3.63) is 0 Å². The lowest BCUT2D eigenvalue weighted by Crippen LogP contribution is -2.52. The van der Waals surface area contributed by atoms with Crippen molar-refractivity contribution in [3.63, 3.8) is 0 Å². The smallest absolute Gasteiger partial charge is 0.0252 e. The molecule has 1 aliphatic carbocycles. The first-order chi connectivity index (χ1) is 9.55. The van der Waals surface area contributed by atoms with Gasteiger partial charge in [-0.3, -0.25) is 4.90 Å². The fourth-order valence-corrected chi connectivity index (χ4v) is 4.60. The zero-order chi connectivity index (χ0) is 14.8. The van der Waals surface area contributed by atoms with Crippen LogP contribution in [0, 0.1) is 17.3 Å². The summed E-state index contributed by atoms with van der Waals surface area (Å²) >= 11 is 0. The topological polar surface area (TPSA) is 15.3 Å². The molecular weight excluding hydrogens is 244 g/mol. The van der Waals surface area contributed by atoms with Crippen LogP contribution in [-0.2, 0) is 0 Å². The van der Waals surface area contributed by atoms with Crippen LogP contribution in [-0.4, -0.2) is 37.1 Å². The maximum absolute atomic E-state index is 3.61. The highest BCUT2D eigenvalue weighted by molar-refractivity contribution is 4.97. The Kier molecular flexibility index (Phi) is 5.53. The van der Waals surface area contributed by atoms with Gasteiger partial charge >= 0.3 is 0 Å². The largest absolute Gasteiger partial charge is 0.315 e. The average molecular weight is 281 g/mol. The molecule has 3 atom stereocenters. The maximum Gasteiger partial charge on any atom is 0.0252 e. The Hall–Kier alpha value is -0.0800. The van der Waals surface area contributed by atoms with Gasteiger partial charge in [-0.05, 0) is 69.4 Å². The molecule has 1 aliphatic heterocycles. The van der Waals surface area contributed by atoms with Gasteiger partial charge in [0.2, 0.25) is 0 Å². The summed E-state index contributed by atoms with van der Waals surface area (Å²) in [5.41, 5.74) is 0.614. The molecule has 0 radical (unpaired) electrons. The predicted octanol–water partition coefficient (Wildman–Crippen LogP) is 3.91. The zero-order valence-electron chi connectivity index (χ0n) is 14.4. The summed E-state index contributed by atoms with van der Waals surface area (Å²) in [5, 5.41) is 3.61. The first-order valence-corrected chi connectivity index (χ1v) is 8.96. The molecule has 0 bridgehead atoms. The predicted molar refractivity (Wildman–Crippen MR) is 88.0 cm³/mol. The monoisotopic (exact) mass is 280 g/mol. The third-order valence-electron chi connectivity index (χ3n) is 6.61. The second-order valence-corrected chi connectivity index (χ2v) is 7.71. The average Bonchev–Trinajstić information content (AvgIpc) is 2.91. The molecule has 1 saturated heterocycles. The van der Waals surface area contributed by atoms with Gasteiger partial charge in [-0.15, -0.1) is 0 Å². The Bertz CT molecular complexity index is 296. The van der Waals surface area contributed by atoms with Crippen LogP contribution >= 0.6 is 0 Å². The number of rotatable bonds is 5. The summed E-state index contributed by atoms with van der Waals surface area (Å²) in [4.78, 5) is 2.84. The molecule has 1 saturated carbocycles. The van der Waals surface area contributed by atoms with E-state index in [0.29, 0.717) is 5.41 Å². The van der Waals surface area contributed by atoms with Crippen LogP contribution in [0.25, 0.3) is 0 Å². The standard InChI is InChI=1S/C18H36N2/c1-6-18(7-2)10-11-20(13-18)17-12-15(14(3)4)8-9-16(17)19-5/h14-17,19H,6-13H2,1-5H3. The molecule has 0 aromatic rings. The normalized spacial score (nSPS) is 34.8. The second-order valence-electron chi connectivity index (χ2n) is 7.71. The summed E-state index contributed by atoms with van der Waals surface area (Å²) in [6.45, 7) is 12.3. The third-order valence-corrected chi connectivity index (χ3v) is 6.61. The van der Waals surface area contributed by atoms with Crippen molar-refractivity contribution in [2.75, 3.05) is 20.1 Å². The summed E-state index contributed by atoms with van der Waals surface area (Å²) < 4.78 is 0. The molecule has 2 fully saturated rings. The van der Waals surface area contributed by atoms with Crippen molar-refractivity contribution >= 4 is 0 Å². The van der Waals surface area contributed by atoms with Gasteiger partial charge in [0.05, 0.1) is 0 Å². The van der Waals surface area contributed by atoms with Crippen LogP contribution in [0.5, 0.6) is 0 Å². The molecule has 2 aliphatic rings. The summed E-state index contributed by atoms with van der Waals surface area (Å²) in [7, 11) is 2.16. The molecule has 20 heavy (non-hydrogen) atoms. The van der Waals surface area contributed by atoms with Gasteiger partial charge in [0.1, 0.15) is 0 Å². The van der Waals surface area contributed by atoms with Gasteiger partial charge in [0, 0.05) is 18.6 Å². The maximum atomic E-state index is 3.61. The number of likely N-dealkylation sites (tertiary alicyclic amines) is 1. The Morgan fingerprint density at radius 3 is 2.40 bits per heavy atom. The SMILES string of the molecule is CCC1(CC)CCN(C2CC(C(C)C)CCC2NC)C1. The van der Waals surface area contributed by atoms with E-state index < -0.39 is 0 Å². The second kappa shape index (κ2) is 6.79. The van der Waals surface area contributed by atoms with Crippen molar-refractivity contribution < 1.29 is 0 Å². The van der Waals surface area contributed by atoms with Crippen LogP contribution in [0.2, 0.25) is 0 Å². The lowest BCUT2D eigenvalue weighted by atomic mass is 9.76. The first-order valence-electron chi connectivity index (χ1n) is 8.96. The fraction of sp³-hybridized carbons (Fsp3) is 1.00. The molecule has 0 amide bonds. The number of likely N-dealkylation sites (N-methyl/N-ethyl adjacent to an activating group) is 1. The Balaban J connectivity index is 2.04. The van der Waals surface area contributed by atoms with E-state index in [1.807, 2.05) is 0 Å². The van der Waals surface area contributed by atoms with Gasteiger partial charge in [-0.25, -0.2) is 0 Å². The minimum Gasteiger partial charge on any atom is -0.315 e. The molecule has 1 heterocycles. The molecule has 2 nitrogen and oxygen atoms in total. The highest BCUT2D eigenvalue weighted by atomic mass is 15.2. The van der Waals surface area contributed by atoms with Crippen LogP contribution in [0.1, 0.15) is 66.2 Å². The molecule has 0 aromatic carbocycles. The molecule has 1 N–H and O–H groups in total. The number of hydrogen-bond acceptors (Lipinski definition) is 2. The van der Waals surface area contributed by atoms with E-state index in [-0.39, 0.29) is 0 Å². The summed E-state index contributed by atoms with van der Waals surface area (Å²) in [6.07, 6.45) is 8.31. The van der Waals surface area contributed by atoms with E-state index in [4.69, 9.17) is 0 Å². The van der Waals surface area contributed by atoms with Gasteiger partial charge in [0.15, 0.2) is 0 Å². The van der Waals surface area contributed by atoms with Gasteiger partial charge < -0.3 is 5.32 Å². The molecule has 0 spiro atoms. The van der Waals surface area contributed by atoms with Crippen molar-refractivity contribution in [3.8, 4) is 0 Å². The number of nitrogens with one attached hydrogen (secondary N) is 1. The van der Waals surface area contributed by atoms with E-state index in [1.165, 1.54) is 51.6 Å². The quantitative estimate of drug-likeness (QED) is 0.821. The number of hydrogen-bond donors (Lipinski definition) is 1. The molecule has 2 rings (SSSR count). The van der Waals surface area contributed by atoms with E-state index in [0.717, 1.165) is 23.9 Å². The van der Waals surface area contributed by atoms with Gasteiger partial charge in [-0.2, -0.15) is 0 Å². The summed E-state index contributed by atoms with van der Waals surface area (Å²) in [5.74, 6) is 1.78. The first kappa shape index (κ1) is 16.3. The lowest BCUT2D eigenvalue weighted by Gasteiger charge is -2.43. The Morgan fingerprint density at radius 2 is 1.90 bits per heavy atom. The van der Waals surface area contributed by atoms with Crippen molar-refractivity contribution in [2.24, 2.45) is 17.3 Å². The molecule has 118 valence electrons. The highest BCUT2D eigenvalue weighted by Crippen LogP contribution is 2.41. The lowest BCUT2D eigenvalue weighted by molar-refractivity contribution is 0.0920. The molecule has 2 heteroatoms. The minimum absolute atomic E-state index is 0.614. The van der Waals surface area contributed by atoms with Crippen LogP contribution < -0.4 is 5.32 Å². The number of nitrogens with zero attached hydrogens (tertiary/aromatic N) is 1. The van der Waals surface area contributed by atoms with E-state index in [2.05, 4.69) is 45.0 Å². The summed E-state index contributed by atoms with van der Waals surface area (Å²) in [6, 6.07) is 1.50. The Labute approximate surface area is 126 Å². The fourth-order valence-electron chi connectivity index (χ4n) is 4.60. The Morgan fingerprint density at radius 1 is 1.20 bits per heavy atom. The van der Waals surface area contributed by atoms with Crippen LogP contribution in [0.3, 0.4) is 0 Å². The van der Waals surface area contributed by atoms with Gasteiger partial charge in [-0.1, -0.05) is 27.7 Å². The third kappa shape index (κ3) is 3.22. The van der Waals surface area contributed by atoms with Crippen LogP contribution in [0.15, 0.2) is 0 Å². The minimum atomic E-state index is 0.614. The molecule has 3 unspecified atom stereocenters. The van der Waals surface area contributed by atoms with Crippen LogP contribution in [0.4, 0.5) is 0 Å². The molecular formula is C18H36N2.